The van der Waals surface area contributed by atoms with Crippen LogP contribution in [0.2, 0.25) is 0 Å². The van der Waals surface area contributed by atoms with Gasteiger partial charge in [-0.25, -0.2) is 9.48 Å². The lowest BCUT2D eigenvalue weighted by Crippen LogP contribution is -2.49. The summed E-state index contributed by atoms with van der Waals surface area (Å²) < 4.78 is 42.4. The highest BCUT2D eigenvalue weighted by Gasteiger charge is 2.36. The maximum atomic E-state index is 13.2. The van der Waals surface area contributed by atoms with Crippen LogP contribution in [0.3, 0.4) is 0 Å². The average molecular weight is 419 g/mol. The predicted octanol–water partition coefficient (Wildman–Crippen LogP) is 1.97. The molecule has 3 aromatic rings. The second kappa shape index (κ2) is 7.94. The SMILES string of the molecule is O=C(c1ccccc1C(F)(F)F)N1CCN(CCn2nc3ccccn3c2=O)CC1. The minimum absolute atomic E-state index is 0.219. The van der Waals surface area contributed by atoms with Gasteiger partial charge in [0.2, 0.25) is 0 Å². The maximum Gasteiger partial charge on any atom is 0.417 e. The standard InChI is InChI=1S/C20H20F3N5O2/c21-20(22,23)16-6-2-1-5-15(16)18(29)26-12-9-25(10-13-26)11-14-28-19(30)27-8-4-3-7-17(27)24-28/h1-8H,9-14H2. The number of fused-ring (bicyclic) bond motifs is 1. The second-order valence-electron chi connectivity index (χ2n) is 7.11. The van der Waals surface area contributed by atoms with Crippen molar-refractivity contribution in [3.8, 4) is 0 Å². The topological polar surface area (TPSA) is 62.9 Å². The summed E-state index contributed by atoms with van der Waals surface area (Å²) in [6.07, 6.45) is -2.92. The summed E-state index contributed by atoms with van der Waals surface area (Å²) in [5.74, 6) is -0.612. The van der Waals surface area contributed by atoms with Gasteiger partial charge in [-0.3, -0.25) is 14.1 Å². The number of amides is 1. The van der Waals surface area contributed by atoms with Gasteiger partial charge in [-0.2, -0.15) is 13.2 Å². The highest BCUT2D eigenvalue weighted by atomic mass is 19.4. The third kappa shape index (κ3) is 3.95. The van der Waals surface area contributed by atoms with Crippen molar-refractivity contribution in [2.24, 2.45) is 0 Å². The zero-order chi connectivity index (χ0) is 21.3. The largest absolute Gasteiger partial charge is 0.417 e. The lowest BCUT2D eigenvalue weighted by molar-refractivity contribution is -0.138. The van der Waals surface area contributed by atoms with Gasteiger partial charge in [0.1, 0.15) is 0 Å². The summed E-state index contributed by atoms with van der Waals surface area (Å²) in [6.45, 7) is 2.64. The first-order chi connectivity index (χ1) is 14.3. The number of carbonyl (C=O) groups is 1. The van der Waals surface area contributed by atoms with Crippen LogP contribution < -0.4 is 5.69 Å². The fourth-order valence-electron chi connectivity index (χ4n) is 3.61. The summed E-state index contributed by atoms with van der Waals surface area (Å²) in [7, 11) is 0. The van der Waals surface area contributed by atoms with Crippen molar-refractivity contribution < 1.29 is 18.0 Å². The molecule has 1 aliphatic rings. The highest BCUT2D eigenvalue weighted by molar-refractivity contribution is 5.96. The third-order valence-electron chi connectivity index (χ3n) is 5.24. The van der Waals surface area contributed by atoms with E-state index in [2.05, 4.69) is 10.00 Å². The van der Waals surface area contributed by atoms with Gasteiger partial charge >= 0.3 is 11.9 Å². The molecule has 0 N–H and O–H groups in total. The Labute approximate surface area is 169 Å². The van der Waals surface area contributed by atoms with E-state index in [0.717, 1.165) is 6.07 Å². The van der Waals surface area contributed by atoms with Crippen LogP contribution in [0, 0.1) is 0 Å². The summed E-state index contributed by atoms with van der Waals surface area (Å²) in [5.41, 5.74) is -0.886. The van der Waals surface area contributed by atoms with Crippen molar-refractivity contribution in [1.29, 1.82) is 0 Å². The molecule has 3 heterocycles. The van der Waals surface area contributed by atoms with Gasteiger partial charge in [0.25, 0.3) is 5.91 Å². The number of alkyl halides is 3. The van der Waals surface area contributed by atoms with Crippen molar-refractivity contribution in [2.45, 2.75) is 12.7 Å². The lowest BCUT2D eigenvalue weighted by atomic mass is 10.1. The van der Waals surface area contributed by atoms with Crippen LogP contribution in [0.25, 0.3) is 5.65 Å². The Hall–Kier alpha value is -3.14. The zero-order valence-corrected chi connectivity index (χ0v) is 16.0. The predicted molar refractivity (Wildman–Crippen MR) is 103 cm³/mol. The van der Waals surface area contributed by atoms with E-state index in [4.69, 9.17) is 0 Å². The summed E-state index contributed by atoms with van der Waals surface area (Å²) >= 11 is 0. The smallest absolute Gasteiger partial charge is 0.336 e. The van der Waals surface area contributed by atoms with Crippen LogP contribution in [0.1, 0.15) is 15.9 Å². The number of pyridine rings is 1. The number of halogens is 3. The lowest BCUT2D eigenvalue weighted by Gasteiger charge is -2.35. The Balaban J connectivity index is 1.37. The molecule has 7 nitrogen and oxygen atoms in total. The molecule has 1 fully saturated rings. The molecule has 1 aromatic carbocycles. The van der Waals surface area contributed by atoms with Gasteiger partial charge in [0.05, 0.1) is 17.7 Å². The van der Waals surface area contributed by atoms with Crippen LogP contribution >= 0.6 is 0 Å². The van der Waals surface area contributed by atoms with Gasteiger partial charge in [0, 0.05) is 38.9 Å². The Bertz CT molecular complexity index is 1110. The van der Waals surface area contributed by atoms with E-state index >= 15 is 0 Å². The number of rotatable bonds is 4. The molecule has 158 valence electrons. The van der Waals surface area contributed by atoms with E-state index < -0.39 is 17.6 Å². The van der Waals surface area contributed by atoms with E-state index in [0.29, 0.717) is 44.9 Å². The number of carbonyl (C=O) groups excluding carboxylic acids is 1. The van der Waals surface area contributed by atoms with Crippen molar-refractivity contribution in [2.75, 3.05) is 32.7 Å². The van der Waals surface area contributed by atoms with E-state index in [1.807, 2.05) is 0 Å². The highest BCUT2D eigenvalue weighted by Crippen LogP contribution is 2.32. The first-order valence-electron chi connectivity index (χ1n) is 9.56. The molecule has 4 rings (SSSR count). The molecule has 1 aliphatic heterocycles. The molecule has 10 heteroatoms. The van der Waals surface area contributed by atoms with Crippen LogP contribution in [0.5, 0.6) is 0 Å². The summed E-state index contributed by atoms with van der Waals surface area (Å²) in [5, 5.41) is 4.28. The molecular weight excluding hydrogens is 399 g/mol. The molecule has 0 spiro atoms. The zero-order valence-electron chi connectivity index (χ0n) is 16.0. The number of hydrogen-bond acceptors (Lipinski definition) is 4. The van der Waals surface area contributed by atoms with Crippen LogP contribution in [-0.4, -0.2) is 62.6 Å². The number of aromatic nitrogens is 3. The molecule has 0 aliphatic carbocycles. The molecule has 0 radical (unpaired) electrons. The Kier molecular flexibility index (Phi) is 5.33. The van der Waals surface area contributed by atoms with Crippen molar-refractivity contribution in [3.05, 3.63) is 70.3 Å². The molecule has 1 saturated heterocycles. The first-order valence-corrected chi connectivity index (χ1v) is 9.56. The van der Waals surface area contributed by atoms with Gasteiger partial charge < -0.3 is 4.90 Å². The first kappa shape index (κ1) is 20.1. The molecular formula is C20H20F3N5O2. The molecule has 1 amide bonds. The normalized spacial score (nSPS) is 15.6. The van der Waals surface area contributed by atoms with Gasteiger partial charge in [0.15, 0.2) is 5.65 Å². The van der Waals surface area contributed by atoms with Crippen molar-refractivity contribution >= 4 is 11.6 Å². The molecule has 2 aromatic heterocycles. The van der Waals surface area contributed by atoms with E-state index in [1.54, 1.807) is 24.4 Å². The quantitative estimate of drug-likeness (QED) is 0.649. The number of hydrogen-bond donors (Lipinski definition) is 0. The molecule has 0 bridgehead atoms. The Morgan fingerprint density at radius 2 is 1.67 bits per heavy atom. The summed E-state index contributed by atoms with van der Waals surface area (Å²) in [6, 6.07) is 10.2. The van der Waals surface area contributed by atoms with Crippen molar-refractivity contribution in [1.82, 2.24) is 24.0 Å². The summed E-state index contributed by atoms with van der Waals surface area (Å²) in [4.78, 5) is 28.5. The van der Waals surface area contributed by atoms with E-state index in [-0.39, 0.29) is 11.3 Å². The molecule has 0 unspecified atom stereocenters. The number of nitrogens with zero attached hydrogens (tertiary/aromatic N) is 5. The van der Waals surface area contributed by atoms with Crippen molar-refractivity contribution in [3.63, 3.8) is 0 Å². The van der Waals surface area contributed by atoms with Crippen LogP contribution in [0.15, 0.2) is 53.5 Å². The second-order valence-corrected chi connectivity index (χ2v) is 7.11. The van der Waals surface area contributed by atoms with Crippen LogP contribution in [-0.2, 0) is 12.7 Å². The number of benzene rings is 1. The van der Waals surface area contributed by atoms with E-state index in [1.165, 1.54) is 32.2 Å². The average Bonchev–Trinajstić information content (AvgIpc) is 3.07. The fraction of sp³-hybridized carbons (Fsp3) is 0.350. The molecule has 0 saturated carbocycles. The van der Waals surface area contributed by atoms with Crippen LogP contribution in [0.4, 0.5) is 13.2 Å². The molecule has 30 heavy (non-hydrogen) atoms. The monoisotopic (exact) mass is 419 g/mol. The van der Waals surface area contributed by atoms with Gasteiger partial charge in [-0.05, 0) is 24.3 Å². The fourth-order valence-corrected chi connectivity index (χ4v) is 3.61. The Morgan fingerprint density at radius 3 is 2.37 bits per heavy atom. The minimum atomic E-state index is -4.57. The van der Waals surface area contributed by atoms with E-state index in [9.17, 15) is 22.8 Å². The minimum Gasteiger partial charge on any atom is -0.336 e. The maximum absolute atomic E-state index is 13.2. The number of piperazine rings is 1. The van der Waals surface area contributed by atoms with Gasteiger partial charge in [-0.15, -0.1) is 5.10 Å². The third-order valence-corrected chi connectivity index (χ3v) is 5.24. The van der Waals surface area contributed by atoms with Gasteiger partial charge in [-0.1, -0.05) is 18.2 Å². The molecule has 0 atom stereocenters. The Morgan fingerprint density at radius 1 is 0.967 bits per heavy atom.